The largest absolute Gasteiger partial charge is 0.265 e. The van der Waals surface area contributed by atoms with Crippen molar-refractivity contribution >= 4 is 23.8 Å². The number of halogens is 2. The Hall–Kier alpha value is -2.05. The van der Waals surface area contributed by atoms with E-state index < -0.39 is 5.82 Å². The van der Waals surface area contributed by atoms with Crippen LogP contribution < -0.4 is 0 Å². The van der Waals surface area contributed by atoms with Gasteiger partial charge < -0.3 is 0 Å². The lowest BCUT2D eigenvalue weighted by Gasteiger charge is -2.09. The number of pyridine rings is 1. The van der Waals surface area contributed by atoms with Gasteiger partial charge in [-0.05, 0) is 36.5 Å². The summed E-state index contributed by atoms with van der Waals surface area (Å²) in [7, 11) is 0. The molecular weight excluding hydrogens is 299 g/mol. The molecule has 0 amide bonds. The molecule has 0 aliphatic carbocycles. The molecule has 2 aromatic heterocycles. The maximum Gasteiger partial charge on any atom is 0.200 e. The highest BCUT2D eigenvalue weighted by Crippen LogP contribution is 2.28. The van der Waals surface area contributed by atoms with Crippen LogP contribution in [0.1, 0.15) is 0 Å². The number of H-pyrrole nitrogens is 1. The van der Waals surface area contributed by atoms with E-state index in [1.807, 2.05) is 0 Å². The Morgan fingerprint density at radius 2 is 1.95 bits per heavy atom. The van der Waals surface area contributed by atoms with Gasteiger partial charge in [0.05, 0.1) is 5.02 Å². The molecule has 0 aliphatic heterocycles. The van der Waals surface area contributed by atoms with Gasteiger partial charge in [-0.25, -0.2) is 4.39 Å². The van der Waals surface area contributed by atoms with Gasteiger partial charge in [0.15, 0.2) is 10.6 Å². The van der Waals surface area contributed by atoms with Crippen LogP contribution in [0.4, 0.5) is 4.39 Å². The van der Waals surface area contributed by atoms with Crippen LogP contribution in [0.2, 0.25) is 5.02 Å². The maximum absolute atomic E-state index is 14.1. The maximum atomic E-state index is 14.1. The lowest BCUT2D eigenvalue weighted by atomic mass is 10.2. The van der Waals surface area contributed by atoms with E-state index in [1.165, 1.54) is 16.7 Å². The zero-order chi connectivity index (χ0) is 14.1. The number of benzene rings is 1. The first-order valence-electron chi connectivity index (χ1n) is 5.70. The molecule has 1 aromatic carbocycles. The number of para-hydroxylation sites is 1. The van der Waals surface area contributed by atoms with Crippen LogP contribution in [0.5, 0.6) is 0 Å². The minimum atomic E-state index is -0.467. The average molecular weight is 307 g/mol. The zero-order valence-electron chi connectivity index (χ0n) is 10.0. The molecular formula is C13H8ClFN4S. The normalized spacial score (nSPS) is 10.7. The third-order valence-electron chi connectivity index (χ3n) is 2.77. The highest BCUT2D eigenvalue weighted by Gasteiger charge is 2.16. The summed E-state index contributed by atoms with van der Waals surface area (Å²) in [6, 6.07) is 7.99. The van der Waals surface area contributed by atoms with Crippen molar-refractivity contribution < 1.29 is 4.39 Å². The number of nitrogens with zero attached hydrogens (tertiary/aromatic N) is 3. The molecule has 0 bridgehead atoms. The number of aromatic nitrogens is 4. The third kappa shape index (κ3) is 2.13. The molecule has 1 N–H and O–H groups in total. The Morgan fingerprint density at radius 1 is 1.20 bits per heavy atom. The summed E-state index contributed by atoms with van der Waals surface area (Å²) in [6.45, 7) is 0. The lowest BCUT2D eigenvalue weighted by Crippen LogP contribution is -2.01. The number of hydrogen-bond donors (Lipinski definition) is 1. The standard InChI is InChI=1S/C13H8ClFN4S/c14-9-2-1-3-10(15)11(9)19-12(17-18-13(19)20)8-4-6-16-7-5-8/h1-7H,(H,18,20). The molecule has 100 valence electrons. The summed E-state index contributed by atoms with van der Waals surface area (Å²) in [5.41, 5.74) is 0.936. The molecule has 0 saturated heterocycles. The summed E-state index contributed by atoms with van der Waals surface area (Å²) in [5, 5.41) is 7.06. The second-order valence-corrected chi connectivity index (χ2v) is 4.79. The van der Waals surface area contributed by atoms with Gasteiger partial charge in [-0.1, -0.05) is 17.7 Å². The van der Waals surface area contributed by atoms with E-state index in [4.69, 9.17) is 23.8 Å². The van der Waals surface area contributed by atoms with Crippen LogP contribution in [0.3, 0.4) is 0 Å². The Bertz CT molecular complexity index is 792. The van der Waals surface area contributed by atoms with Crippen LogP contribution in [0, 0.1) is 10.6 Å². The van der Waals surface area contributed by atoms with Crippen LogP contribution in [-0.2, 0) is 0 Å². The van der Waals surface area contributed by atoms with E-state index in [0.717, 1.165) is 5.56 Å². The summed E-state index contributed by atoms with van der Waals surface area (Å²) in [5.74, 6) is 0.00899. The SMILES string of the molecule is Fc1cccc(Cl)c1-n1c(-c2ccncc2)n[nH]c1=S. The summed E-state index contributed by atoms with van der Waals surface area (Å²) >= 11 is 11.3. The second kappa shape index (κ2) is 5.15. The van der Waals surface area contributed by atoms with Gasteiger partial charge in [0.2, 0.25) is 0 Å². The van der Waals surface area contributed by atoms with E-state index in [1.54, 1.807) is 30.6 Å². The van der Waals surface area contributed by atoms with Crippen LogP contribution in [0.25, 0.3) is 17.1 Å². The molecule has 0 radical (unpaired) electrons. The van der Waals surface area contributed by atoms with Gasteiger partial charge in [0.25, 0.3) is 0 Å². The summed E-state index contributed by atoms with van der Waals surface area (Å²) in [4.78, 5) is 3.94. The van der Waals surface area contributed by atoms with Crippen molar-refractivity contribution in [3.63, 3.8) is 0 Å². The molecule has 3 rings (SSSR count). The Labute approximate surface area is 123 Å². The monoisotopic (exact) mass is 306 g/mol. The van der Waals surface area contributed by atoms with Crippen LogP contribution in [0.15, 0.2) is 42.7 Å². The zero-order valence-corrected chi connectivity index (χ0v) is 11.6. The Balaban J connectivity index is 2.31. The van der Waals surface area contributed by atoms with Gasteiger partial charge in [0.1, 0.15) is 11.5 Å². The summed E-state index contributed by atoms with van der Waals surface area (Å²) in [6.07, 6.45) is 3.25. The minimum Gasteiger partial charge on any atom is -0.265 e. The van der Waals surface area contributed by atoms with Gasteiger partial charge in [-0.15, -0.1) is 0 Å². The Morgan fingerprint density at radius 3 is 2.65 bits per heavy atom. The molecule has 0 spiro atoms. The molecule has 0 fully saturated rings. The molecule has 7 heteroatoms. The van der Waals surface area contributed by atoms with Crippen molar-refractivity contribution in [2.24, 2.45) is 0 Å². The second-order valence-electron chi connectivity index (χ2n) is 3.99. The van der Waals surface area contributed by atoms with Gasteiger partial charge in [-0.3, -0.25) is 14.6 Å². The first kappa shape index (κ1) is 13.0. The topological polar surface area (TPSA) is 46.5 Å². The fourth-order valence-electron chi connectivity index (χ4n) is 1.90. The van der Waals surface area contributed by atoms with Crippen molar-refractivity contribution in [3.05, 3.63) is 58.3 Å². The van der Waals surface area contributed by atoms with E-state index in [0.29, 0.717) is 5.82 Å². The van der Waals surface area contributed by atoms with E-state index in [9.17, 15) is 4.39 Å². The van der Waals surface area contributed by atoms with Crippen LogP contribution >= 0.6 is 23.8 Å². The molecule has 0 saturated carbocycles. The lowest BCUT2D eigenvalue weighted by molar-refractivity contribution is 0.618. The first-order valence-corrected chi connectivity index (χ1v) is 6.49. The van der Waals surface area contributed by atoms with Gasteiger partial charge >= 0.3 is 0 Å². The van der Waals surface area contributed by atoms with E-state index in [-0.39, 0.29) is 15.5 Å². The van der Waals surface area contributed by atoms with Crippen molar-refractivity contribution in [1.82, 2.24) is 19.7 Å². The molecule has 20 heavy (non-hydrogen) atoms. The van der Waals surface area contributed by atoms with Crippen LogP contribution in [-0.4, -0.2) is 19.7 Å². The van der Waals surface area contributed by atoms with Crippen molar-refractivity contribution in [3.8, 4) is 17.1 Å². The van der Waals surface area contributed by atoms with Crippen molar-refractivity contribution in [1.29, 1.82) is 0 Å². The highest BCUT2D eigenvalue weighted by molar-refractivity contribution is 7.71. The fourth-order valence-corrected chi connectivity index (χ4v) is 2.37. The van der Waals surface area contributed by atoms with Crippen molar-refractivity contribution in [2.45, 2.75) is 0 Å². The smallest absolute Gasteiger partial charge is 0.200 e. The summed E-state index contributed by atoms with van der Waals surface area (Å²) < 4.78 is 15.8. The number of hydrogen-bond acceptors (Lipinski definition) is 3. The highest BCUT2D eigenvalue weighted by atomic mass is 35.5. The molecule has 2 heterocycles. The van der Waals surface area contributed by atoms with Gasteiger partial charge in [0, 0.05) is 18.0 Å². The number of aromatic amines is 1. The molecule has 0 aliphatic rings. The minimum absolute atomic E-state index is 0.180. The predicted octanol–water partition coefficient (Wildman–Crippen LogP) is 3.78. The molecule has 4 nitrogen and oxygen atoms in total. The number of rotatable bonds is 2. The van der Waals surface area contributed by atoms with E-state index in [2.05, 4.69) is 15.2 Å². The van der Waals surface area contributed by atoms with E-state index >= 15 is 0 Å². The van der Waals surface area contributed by atoms with Gasteiger partial charge in [-0.2, -0.15) is 5.10 Å². The quantitative estimate of drug-likeness (QED) is 0.733. The molecule has 3 aromatic rings. The number of nitrogens with one attached hydrogen (secondary N) is 1. The average Bonchev–Trinajstić information content (AvgIpc) is 2.82. The molecule has 0 unspecified atom stereocenters. The van der Waals surface area contributed by atoms with Crippen molar-refractivity contribution in [2.75, 3.05) is 0 Å². The molecule has 0 atom stereocenters. The Kier molecular flexibility index (Phi) is 3.33. The predicted molar refractivity (Wildman–Crippen MR) is 76.9 cm³/mol. The third-order valence-corrected chi connectivity index (χ3v) is 3.35. The first-order chi connectivity index (χ1) is 9.68. The fraction of sp³-hybridized carbons (Fsp3) is 0.